The molecular formula is C17H18FN3O2. The van der Waals surface area contributed by atoms with Gasteiger partial charge in [0.25, 0.3) is 5.91 Å². The molecule has 0 atom stereocenters. The Labute approximate surface area is 133 Å². The third-order valence-electron chi connectivity index (χ3n) is 3.93. The zero-order chi connectivity index (χ0) is 16.1. The lowest BCUT2D eigenvalue weighted by Gasteiger charge is -2.28. The van der Waals surface area contributed by atoms with Crippen molar-refractivity contribution in [1.29, 1.82) is 0 Å². The van der Waals surface area contributed by atoms with E-state index in [9.17, 15) is 9.18 Å². The van der Waals surface area contributed by atoms with Crippen molar-refractivity contribution in [2.45, 2.75) is 37.8 Å². The van der Waals surface area contributed by atoms with Crippen molar-refractivity contribution in [3.05, 3.63) is 54.1 Å². The van der Waals surface area contributed by atoms with Gasteiger partial charge in [0.2, 0.25) is 0 Å². The predicted molar refractivity (Wildman–Crippen MR) is 82.6 cm³/mol. The monoisotopic (exact) mass is 315 g/mol. The molecule has 1 amide bonds. The first-order valence-electron chi connectivity index (χ1n) is 7.71. The highest BCUT2D eigenvalue weighted by molar-refractivity contribution is 5.94. The highest BCUT2D eigenvalue weighted by atomic mass is 19.1. The minimum atomic E-state index is -0.345. The molecule has 1 N–H and O–H groups in total. The molecule has 0 bridgehead atoms. The first-order valence-corrected chi connectivity index (χ1v) is 7.71. The van der Waals surface area contributed by atoms with Crippen LogP contribution in [0.2, 0.25) is 0 Å². The van der Waals surface area contributed by atoms with Gasteiger partial charge in [0.15, 0.2) is 0 Å². The van der Waals surface area contributed by atoms with Crippen LogP contribution in [0.3, 0.4) is 0 Å². The number of aromatic nitrogens is 2. The van der Waals surface area contributed by atoms with Crippen LogP contribution in [0.1, 0.15) is 36.0 Å². The summed E-state index contributed by atoms with van der Waals surface area (Å²) in [5.41, 5.74) is 0.474. The molecule has 1 saturated carbocycles. The second-order valence-electron chi connectivity index (χ2n) is 5.60. The van der Waals surface area contributed by atoms with E-state index in [2.05, 4.69) is 15.3 Å². The summed E-state index contributed by atoms with van der Waals surface area (Å²) in [6, 6.07) is 7.82. The SMILES string of the molecule is O=C(NC1CCC(Oc2ncccn2)CC1)c1ccc(F)cc1. The lowest BCUT2D eigenvalue weighted by atomic mass is 9.92. The number of rotatable bonds is 4. The van der Waals surface area contributed by atoms with E-state index in [1.807, 2.05) is 0 Å². The highest BCUT2D eigenvalue weighted by Crippen LogP contribution is 2.22. The van der Waals surface area contributed by atoms with E-state index in [1.165, 1.54) is 24.3 Å². The van der Waals surface area contributed by atoms with Gasteiger partial charge in [-0.05, 0) is 56.0 Å². The summed E-state index contributed by atoms with van der Waals surface area (Å²) in [5, 5.41) is 2.99. The van der Waals surface area contributed by atoms with Gasteiger partial charge in [-0.25, -0.2) is 14.4 Å². The number of ether oxygens (including phenoxy) is 1. The van der Waals surface area contributed by atoms with Gasteiger partial charge in [-0.2, -0.15) is 0 Å². The Morgan fingerprint density at radius 1 is 1.09 bits per heavy atom. The zero-order valence-corrected chi connectivity index (χ0v) is 12.6. The van der Waals surface area contributed by atoms with Gasteiger partial charge in [0.1, 0.15) is 11.9 Å². The zero-order valence-electron chi connectivity index (χ0n) is 12.6. The van der Waals surface area contributed by atoms with Crippen LogP contribution in [0.15, 0.2) is 42.7 Å². The smallest absolute Gasteiger partial charge is 0.316 e. The molecule has 2 aromatic rings. The molecule has 5 nitrogen and oxygen atoms in total. The molecule has 1 aliphatic rings. The Balaban J connectivity index is 1.47. The van der Waals surface area contributed by atoms with Crippen LogP contribution >= 0.6 is 0 Å². The molecule has 6 heteroatoms. The average molecular weight is 315 g/mol. The number of nitrogens with one attached hydrogen (secondary N) is 1. The maximum Gasteiger partial charge on any atom is 0.316 e. The lowest BCUT2D eigenvalue weighted by Crippen LogP contribution is -2.39. The molecule has 1 heterocycles. The van der Waals surface area contributed by atoms with Gasteiger partial charge in [0.05, 0.1) is 0 Å². The molecule has 120 valence electrons. The molecule has 0 saturated heterocycles. The second-order valence-corrected chi connectivity index (χ2v) is 5.60. The number of halogens is 1. The number of hydrogen-bond acceptors (Lipinski definition) is 4. The molecule has 1 fully saturated rings. The van der Waals surface area contributed by atoms with E-state index in [0.717, 1.165) is 25.7 Å². The highest BCUT2D eigenvalue weighted by Gasteiger charge is 2.24. The molecule has 1 aromatic heterocycles. The summed E-state index contributed by atoms with van der Waals surface area (Å²) in [5.74, 6) is -0.511. The second kappa shape index (κ2) is 7.17. The van der Waals surface area contributed by atoms with Crippen molar-refractivity contribution < 1.29 is 13.9 Å². The number of carbonyl (C=O) groups is 1. The van der Waals surface area contributed by atoms with E-state index in [4.69, 9.17) is 4.74 Å². The van der Waals surface area contributed by atoms with Crippen LogP contribution in [0.5, 0.6) is 6.01 Å². The van der Waals surface area contributed by atoms with Crippen LogP contribution < -0.4 is 10.1 Å². The fourth-order valence-corrected chi connectivity index (χ4v) is 2.69. The van der Waals surface area contributed by atoms with Gasteiger partial charge in [-0.1, -0.05) is 0 Å². The number of nitrogens with zero attached hydrogens (tertiary/aromatic N) is 2. The van der Waals surface area contributed by atoms with Crippen molar-refractivity contribution in [3.8, 4) is 6.01 Å². The minimum Gasteiger partial charge on any atom is -0.460 e. The molecular weight excluding hydrogens is 297 g/mol. The number of carbonyl (C=O) groups excluding carboxylic acids is 1. The number of amides is 1. The van der Waals surface area contributed by atoms with Gasteiger partial charge in [0, 0.05) is 24.0 Å². The fourth-order valence-electron chi connectivity index (χ4n) is 2.69. The molecule has 0 radical (unpaired) electrons. The van der Waals surface area contributed by atoms with Crippen molar-refractivity contribution in [2.24, 2.45) is 0 Å². The summed E-state index contributed by atoms with van der Waals surface area (Å²) in [4.78, 5) is 20.2. The maximum atomic E-state index is 12.9. The summed E-state index contributed by atoms with van der Waals surface area (Å²) >= 11 is 0. The minimum absolute atomic E-state index is 0.0800. The molecule has 0 spiro atoms. The van der Waals surface area contributed by atoms with Crippen molar-refractivity contribution in [1.82, 2.24) is 15.3 Å². The Kier molecular flexibility index (Phi) is 4.80. The van der Waals surface area contributed by atoms with E-state index < -0.39 is 0 Å². The molecule has 3 rings (SSSR count). The summed E-state index contributed by atoms with van der Waals surface area (Å²) in [6.45, 7) is 0. The third kappa shape index (κ3) is 4.25. The van der Waals surface area contributed by atoms with Crippen LogP contribution in [0.25, 0.3) is 0 Å². The molecule has 1 aromatic carbocycles. The van der Waals surface area contributed by atoms with Gasteiger partial charge < -0.3 is 10.1 Å². The molecule has 0 unspecified atom stereocenters. The van der Waals surface area contributed by atoms with Crippen molar-refractivity contribution >= 4 is 5.91 Å². The Bertz CT molecular complexity index is 641. The summed E-state index contributed by atoms with van der Waals surface area (Å²) in [7, 11) is 0. The average Bonchev–Trinajstić information content (AvgIpc) is 2.58. The maximum absolute atomic E-state index is 12.9. The van der Waals surface area contributed by atoms with Crippen LogP contribution in [0.4, 0.5) is 4.39 Å². The quantitative estimate of drug-likeness (QED) is 0.942. The standard InChI is InChI=1S/C17H18FN3O2/c18-13-4-2-12(3-5-13)16(22)21-14-6-8-15(9-7-14)23-17-19-10-1-11-20-17/h1-5,10-11,14-15H,6-9H2,(H,21,22). The number of benzene rings is 1. The van der Waals surface area contributed by atoms with Crippen LogP contribution in [-0.2, 0) is 0 Å². The van der Waals surface area contributed by atoms with E-state index in [1.54, 1.807) is 18.5 Å². The van der Waals surface area contributed by atoms with E-state index in [0.29, 0.717) is 11.6 Å². The first kappa shape index (κ1) is 15.4. The topological polar surface area (TPSA) is 64.1 Å². The Morgan fingerprint density at radius 3 is 2.39 bits per heavy atom. The molecule has 1 aliphatic carbocycles. The largest absolute Gasteiger partial charge is 0.460 e. The van der Waals surface area contributed by atoms with Gasteiger partial charge in [-0.3, -0.25) is 4.79 Å². The molecule has 23 heavy (non-hydrogen) atoms. The van der Waals surface area contributed by atoms with Gasteiger partial charge >= 0.3 is 6.01 Å². The predicted octanol–water partition coefficient (Wildman–Crippen LogP) is 2.74. The first-order chi connectivity index (χ1) is 11.2. The van der Waals surface area contributed by atoms with Crippen molar-refractivity contribution in [3.63, 3.8) is 0 Å². The fraction of sp³-hybridized carbons (Fsp3) is 0.353. The normalized spacial score (nSPS) is 20.7. The molecule has 0 aliphatic heterocycles. The van der Waals surface area contributed by atoms with E-state index in [-0.39, 0.29) is 23.9 Å². The Hall–Kier alpha value is -2.50. The van der Waals surface area contributed by atoms with Crippen LogP contribution in [-0.4, -0.2) is 28.0 Å². The van der Waals surface area contributed by atoms with Crippen LogP contribution in [0, 0.1) is 5.82 Å². The summed E-state index contributed by atoms with van der Waals surface area (Å²) < 4.78 is 18.6. The third-order valence-corrected chi connectivity index (χ3v) is 3.93. The Morgan fingerprint density at radius 2 is 1.74 bits per heavy atom. The lowest BCUT2D eigenvalue weighted by molar-refractivity contribution is 0.0885. The van der Waals surface area contributed by atoms with E-state index >= 15 is 0 Å². The van der Waals surface area contributed by atoms with Gasteiger partial charge in [-0.15, -0.1) is 0 Å². The summed E-state index contributed by atoms with van der Waals surface area (Å²) in [6.07, 6.45) is 6.73. The van der Waals surface area contributed by atoms with Crippen molar-refractivity contribution in [2.75, 3.05) is 0 Å². The number of hydrogen-bond donors (Lipinski definition) is 1.